The topological polar surface area (TPSA) is 58.6 Å². The fourth-order valence-electron chi connectivity index (χ4n) is 2.50. The number of amides is 2. The van der Waals surface area contributed by atoms with Crippen LogP contribution in [0, 0.1) is 5.41 Å². The Morgan fingerprint density at radius 3 is 2.40 bits per heavy atom. The predicted octanol–water partition coefficient (Wildman–Crippen LogP) is 1.56. The van der Waals surface area contributed by atoms with E-state index in [2.05, 4.69) is 5.32 Å². The van der Waals surface area contributed by atoms with Crippen LogP contribution in [0.2, 0.25) is 0 Å². The highest BCUT2D eigenvalue weighted by molar-refractivity contribution is 5.97. The van der Waals surface area contributed by atoms with Gasteiger partial charge in [0.2, 0.25) is 11.8 Å². The lowest BCUT2D eigenvalue weighted by molar-refractivity contribution is -0.152. The summed E-state index contributed by atoms with van der Waals surface area (Å²) in [5, 5.41) is 2.88. The second-order valence-electron chi connectivity index (χ2n) is 6.31. The van der Waals surface area contributed by atoms with Gasteiger partial charge < -0.3 is 15.0 Å². The van der Waals surface area contributed by atoms with E-state index >= 15 is 0 Å². The molecule has 1 N–H and O–H groups in total. The van der Waals surface area contributed by atoms with Crippen LogP contribution >= 0.6 is 0 Å². The van der Waals surface area contributed by atoms with Gasteiger partial charge in [-0.1, -0.05) is 27.7 Å². The maximum Gasteiger partial charge on any atom is 0.246 e. The first-order valence-corrected chi connectivity index (χ1v) is 7.51. The van der Waals surface area contributed by atoms with Crippen molar-refractivity contribution in [1.82, 2.24) is 10.2 Å². The Morgan fingerprint density at radius 2 is 1.90 bits per heavy atom. The highest BCUT2D eigenvalue weighted by Gasteiger charge is 2.44. The first-order chi connectivity index (χ1) is 9.32. The molecule has 0 spiro atoms. The Hall–Kier alpha value is -1.10. The Balaban J connectivity index is 2.78. The van der Waals surface area contributed by atoms with Gasteiger partial charge in [-0.25, -0.2) is 0 Å². The molecule has 2 atom stereocenters. The summed E-state index contributed by atoms with van der Waals surface area (Å²) in [5.41, 5.74) is -0.274. The first kappa shape index (κ1) is 17.0. The maximum atomic E-state index is 12.6. The van der Waals surface area contributed by atoms with E-state index in [0.29, 0.717) is 26.2 Å². The summed E-state index contributed by atoms with van der Waals surface area (Å²) < 4.78 is 5.31. The van der Waals surface area contributed by atoms with E-state index in [1.807, 2.05) is 34.6 Å². The molecule has 1 fully saturated rings. The highest BCUT2D eigenvalue weighted by Crippen LogP contribution is 2.26. The van der Waals surface area contributed by atoms with Crippen LogP contribution in [0.3, 0.4) is 0 Å². The SMILES string of the molecule is CCOCCCN1C(=O)C(C(C)(C)C)NC(=O)C1CC. The third kappa shape index (κ3) is 3.95. The number of hydrogen-bond acceptors (Lipinski definition) is 3. The van der Waals surface area contributed by atoms with Crippen LogP contribution in [0.15, 0.2) is 0 Å². The smallest absolute Gasteiger partial charge is 0.246 e. The van der Waals surface area contributed by atoms with Crippen molar-refractivity contribution >= 4 is 11.8 Å². The Labute approximate surface area is 122 Å². The van der Waals surface area contributed by atoms with Gasteiger partial charge in [-0.2, -0.15) is 0 Å². The number of nitrogens with one attached hydrogen (secondary N) is 1. The zero-order chi connectivity index (χ0) is 15.3. The molecule has 1 rings (SSSR count). The third-order valence-corrected chi connectivity index (χ3v) is 3.64. The summed E-state index contributed by atoms with van der Waals surface area (Å²) in [6, 6.07) is -0.785. The molecule has 0 bridgehead atoms. The van der Waals surface area contributed by atoms with Crippen LogP contribution in [-0.4, -0.2) is 48.6 Å². The largest absolute Gasteiger partial charge is 0.382 e. The van der Waals surface area contributed by atoms with Crippen molar-refractivity contribution in [2.24, 2.45) is 5.41 Å². The standard InChI is InChI=1S/C15H28N2O3/c1-6-11-13(18)16-12(15(3,4)5)14(19)17(11)9-8-10-20-7-2/h11-12H,6-10H2,1-5H3,(H,16,18). The molecule has 1 aliphatic heterocycles. The lowest BCUT2D eigenvalue weighted by atomic mass is 9.83. The molecular formula is C15H28N2O3. The average Bonchev–Trinajstić information content (AvgIpc) is 2.36. The quantitative estimate of drug-likeness (QED) is 0.753. The number of piperazine rings is 1. The van der Waals surface area contributed by atoms with Gasteiger partial charge in [0, 0.05) is 19.8 Å². The van der Waals surface area contributed by atoms with Gasteiger partial charge in [-0.05, 0) is 25.2 Å². The molecule has 1 aliphatic rings. The summed E-state index contributed by atoms with van der Waals surface area (Å²) in [6.45, 7) is 11.7. The van der Waals surface area contributed by atoms with Crippen molar-refractivity contribution in [2.45, 2.75) is 59.5 Å². The molecule has 0 aliphatic carbocycles. The summed E-state index contributed by atoms with van der Waals surface area (Å²) in [6.07, 6.45) is 1.41. The van der Waals surface area contributed by atoms with E-state index in [0.717, 1.165) is 6.42 Å². The minimum absolute atomic E-state index is 0.0282. The fourth-order valence-corrected chi connectivity index (χ4v) is 2.50. The number of nitrogens with zero attached hydrogens (tertiary/aromatic N) is 1. The molecule has 0 aromatic rings. The fraction of sp³-hybridized carbons (Fsp3) is 0.867. The minimum Gasteiger partial charge on any atom is -0.382 e. The second-order valence-corrected chi connectivity index (χ2v) is 6.31. The summed E-state index contributed by atoms with van der Waals surface area (Å²) in [5.74, 6) is -0.0103. The number of carbonyl (C=O) groups is 2. The van der Waals surface area contributed by atoms with E-state index in [9.17, 15) is 9.59 Å². The molecule has 20 heavy (non-hydrogen) atoms. The van der Waals surface area contributed by atoms with Crippen LogP contribution in [0.1, 0.15) is 47.5 Å². The van der Waals surface area contributed by atoms with Gasteiger partial charge in [-0.3, -0.25) is 9.59 Å². The van der Waals surface area contributed by atoms with E-state index in [-0.39, 0.29) is 23.3 Å². The first-order valence-electron chi connectivity index (χ1n) is 7.51. The van der Waals surface area contributed by atoms with Crippen LogP contribution in [0.25, 0.3) is 0 Å². The third-order valence-electron chi connectivity index (χ3n) is 3.64. The monoisotopic (exact) mass is 284 g/mol. The molecule has 0 aromatic carbocycles. The molecule has 2 unspecified atom stereocenters. The molecule has 1 heterocycles. The molecule has 5 nitrogen and oxygen atoms in total. The number of hydrogen-bond donors (Lipinski definition) is 1. The Morgan fingerprint density at radius 1 is 1.25 bits per heavy atom. The van der Waals surface area contributed by atoms with Crippen LogP contribution in [0.5, 0.6) is 0 Å². The van der Waals surface area contributed by atoms with Crippen molar-refractivity contribution in [2.75, 3.05) is 19.8 Å². The van der Waals surface area contributed by atoms with Gasteiger partial charge in [0.1, 0.15) is 12.1 Å². The maximum absolute atomic E-state index is 12.6. The van der Waals surface area contributed by atoms with Crippen molar-refractivity contribution in [3.8, 4) is 0 Å². The van der Waals surface area contributed by atoms with Gasteiger partial charge in [0.25, 0.3) is 0 Å². The Kier molecular flexibility index (Phi) is 5.99. The lowest BCUT2D eigenvalue weighted by Gasteiger charge is -2.43. The molecule has 0 aromatic heterocycles. The molecule has 1 saturated heterocycles. The molecule has 2 amide bonds. The van der Waals surface area contributed by atoms with Gasteiger partial charge in [0.15, 0.2) is 0 Å². The summed E-state index contributed by atoms with van der Waals surface area (Å²) in [7, 11) is 0. The van der Waals surface area contributed by atoms with E-state index in [1.54, 1.807) is 4.90 Å². The normalized spacial score (nSPS) is 23.9. The van der Waals surface area contributed by atoms with Gasteiger partial charge in [0.05, 0.1) is 0 Å². The van der Waals surface area contributed by atoms with Crippen LogP contribution in [0.4, 0.5) is 0 Å². The van der Waals surface area contributed by atoms with Crippen LogP contribution < -0.4 is 5.32 Å². The van der Waals surface area contributed by atoms with Gasteiger partial charge >= 0.3 is 0 Å². The number of rotatable bonds is 6. The van der Waals surface area contributed by atoms with Crippen molar-refractivity contribution in [1.29, 1.82) is 0 Å². The van der Waals surface area contributed by atoms with E-state index in [4.69, 9.17) is 4.74 Å². The molecule has 5 heteroatoms. The summed E-state index contributed by atoms with van der Waals surface area (Å²) >= 11 is 0. The molecular weight excluding hydrogens is 256 g/mol. The number of ether oxygens (including phenoxy) is 1. The van der Waals surface area contributed by atoms with Crippen LogP contribution in [-0.2, 0) is 14.3 Å². The Bertz CT molecular complexity index is 350. The second kappa shape index (κ2) is 7.07. The average molecular weight is 284 g/mol. The van der Waals surface area contributed by atoms with Crippen molar-refractivity contribution in [3.63, 3.8) is 0 Å². The lowest BCUT2D eigenvalue weighted by Crippen LogP contribution is -2.66. The zero-order valence-electron chi connectivity index (χ0n) is 13.4. The molecule has 116 valence electrons. The predicted molar refractivity (Wildman–Crippen MR) is 78.3 cm³/mol. The van der Waals surface area contributed by atoms with Crippen molar-refractivity contribution < 1.29 is 14.3 Å². The highest BCUT2D eigenvalue weighted by atomic mass is 16.5. The molecule has 0 radical (unpaired) electrons. The zero-order valence-corrected chi connectivity index (χ0v) is 13.4. The van der Waals surface area contributed by atoms with E-state index < -0.39 is 6.04 Å². The number of carbonyl (C=O) groups excluding carboxylic acids is 2. The van der Waals surface area contributed by atoms with Crippen molar-refractivity contribution in [3.05, 3.63) is 0 Å². The van der Waals surface area contributed by atoms with E-state index in [1.165, 1.54) is 0 Å². The minimum atomic E-state index is -0.440. The van der Waals surface area contributed by atoms with Gasteiger partial charge in [-0.15, -0.1) is 0 Å². The molecule has 0 saturated carbocycles. The summed E-state index contributed by atoms with van der Waals surface area (Å²) in [4.78, 5) is 26.5.